The minimum Gasteiger partial charge on any atom is -0.368 e. The summed E-state index contributed by atoms with van der Waals surface area (Å²) in [6.45, 7) is 4.52. The van der Waals surface area contributed by atoms with Gasteiger partial charge in [-0.2, -0.15) is 4.68 Å². The van der Waals surface area contributed by atoms with Crippen molar-refractivity contribution in [3.05, 3.63) is 65.4 Å². The highest BCUT2D eigenvalue weighted by Crippen LogP contribution is 2.26. The van der Waals surface area contributed by atoms with Crippen LogP contribution >= 0.6 is 11.6 Å². The van der Waals surface area contributed by atoms with Gasteiger partial charge in [0, 0.05) is 26.2 Å². The van der Waals surface area contributed by atoms with Gasteiger partial charge in [-0.15, -0.1) is 5.10 Å². The third-order valence-electron chi connectivity index (χ3n) is 4.47. The zero-order valence-electron chi connectivity index (χ0n) is 13.8. The molecule has 0 N–H and O–H groups in total. The Morgan fingerprint density at radius 2 is 1.60 bits per heavy atom. The minimum absolute atomic E-state index is 0.734. The summed E-state index contributed by atoms with van der Waals surface area (Å²) in [5.41, 5.74) is 2.09. The van der Waals surface area contributed by atoms with Gasteiger partial charge in [-0.05, 0) is 34.7 Å². The van der Waals surface area contributed by atoms with Crippen LogP contribution in [0.5, 0.6) is 0 Å². The van der Waals surface area contributed by atoms with Crippen molar-refractivity contribution in [1.82, 2.24) is 25.1 Å². The molecule has 0 amide bonds. The van der Waals surface area contributed by atoms with Crippen molar-refractivity contribution in [3.63, 3.8) is 0 Å². The summed E-state index contributed by atoms with van der Waals surface area (Å²) >= 11 is 6.31. The van der Waals surface area contributed by atoms with Crippen LogP contribution in [-0.4, -0.2) is 51.3 Å². The number of hydrogen-bond donors (Lipinski definition) is 0. The lowest BCUT2D eigenvalue weighted by molar-refractivity contribution is 0.242. The Morgan fingerprint density at radius 1 is 0.880 bits per heavy atom. The molecule has 1 aliphatic rings. The lowest BCUT2D eigenvalue weighted by Crippen LogP contribution is -2.46. The molecule has 0 aliphatic carbocycles. The van der Waals surface area contributed by atoms with E-state index in [9.17, 15) is 0 Å². The van der Waals surface area contributed by atoms with Crippen LogP contribution in [0.4, 0.5) is 5.69 Å². The number of rotatable bonds is 4. The van der Waals surface area contributed by atoms with Gasteiger partial charge in [-0.25, -0.2) is 0 Å². The Labute approximate surface area is 151 Å². The number of anilines is 1. The molecule has 0 spiro atoms. The molecule has 4 rings (SSSR count). The topological polar surface area (TPSA) is 50.1 Å². The van der Waals surface area contributed by atoms with Gasteiger partial charge in [-0.1, -0.05) is 41.9 Å². The van der Waals surface area contributed by atoms with Crippen LogP contribution in [-0.2, 0) is 6.54 Å². The summed E-state index contributed by atoms with van der Waals surface area (Å²) in [6.07, 6.45) is 0. The van der Waals surface area contributed by atoms with Gasteiger partial charge in [0.05, 0.1) is 22.9 Å². The molecule has 1 fully saturated rings. The van der Waals surface area contributed by atoms with E-state index in [-0.39, 0.29) is 0 Å². The Bertz CT molecular complexity index is 826. The van der Waals surface area contributed by atoms with E-state index in [2.05, 4.69) is 31.4 Å². The monoisotopic (exact) mass is 354 g/mol. The van der Waals surface area contributed by atoms with Crippen LogP contribution in [0.2, 0.25) is 5.02 Å². The SMILES string of the molecule is Clc1ccccc1N1CCN(Cc2nnnn2-c2ccccc2)CC1. The standard InChI is InChI=1S/C18H19ClN6/c19-16-8-4-5-9-17(16)24-12-10-23(11-13-24)14-18-20-21-22-25(18)15-6-2-1-3-7-15/h1-9H,10-14H2. The summed E-state index contributed by atoms with van der Waals surface area (Å²) in [7, 11) is 0. The molecule has 25 heavy (non-hydrogen) atoms. The number of hydrogen-bond acceptors (Lipinski definition) is 5. The molecule has 2 aromatic carbocycles. The summed E-state index contributed by atoms with van der Waals surface area (Å²) in [5, 5.41) is 13.0. The molecule has 7 heteroatoms. The van der Waals surface area contributed by atoms with Crippen molar-refractivity contribution in [2.45, 2.75) is 6.54 Å². The normalized spacial score (nSPS) is 15.5. The molecule has 1 aliphatic heterocycles. The summed E-state index contributed by atoms with van der Waals surface area (Å²) in [6, 6.07) is 18.0. The lowest BCUT2D eigenvalue weighted by atomic mass is 10.2. The number of para-hydroxylation sites is 2. The van der Waals surface area contributed by atoms with Crippen molar-refractivity contribution in [1.29, 1.82) is 0 Å². The van der Waals surface area contributed by atoms with Crippen molar-refractivity contribution in [2.24, 2.45) is 0 Å². The van der Waals surface area contributed by atoms with E-state index in [0.717, 1.165) is 54.9 Å². The van der Waals surface area contributed by atoms with Crippen molar-refractivity contribution in [3.8, 4) is 5.69 Å². The Balaban J connectivity index is 1.42. The van der Waals surface area contributed by atoms with Crippen LogP contribution in [0.1, 0.15) is 5.82 Å². The highest BCUT2D eigenvalue weighted by molar-refractivity contribution is 6.33. The molecule has 1 aromatic heterocycles. The quantitative estimate of drug-likeness (QED) is 0.721. The van der Waals surface area contributed by atoms with Gasteiger partial charge in [0.15, 0.2) is 5.82 Å². The third kappa shape index (κ3) is 3.50. The fraction of sp³-hybridized carbons (Fsp3) is 0.278. The lowest BCUT2D eigenvalue weighted by Gasteiger charge is -2.36. The van der Waals surface area contributed by atoms with Crippen LogP contribution in [0.15, 0.2) is 54.6 Å². The average molecular weight is 355 g/mol. The number of aromatic nitrogens is 4. The first kappa shape index (κ1) is 16.1. The Morgan fingerprint density at radius 3 is 2.36 bits per heavy atom. The predicted molar refractivity (Wildman–Crippen MR) is 98.1 cm³/mol. The molecule has 128 valence electrons. The van der Waals surface area contributed by atoms with Gasteiger partial charge in [0.25, 0.3) is 0 Å². The molecule has 0 radical (unpaired) electrons. The predicted octanol–water partition coefficient (Wildman–Crippen LogP) is 2.64. The highest BCUT2D eigenvalue weighted by atomic mass is 35.5. The van der Waals surface area contributed by atoms with E-state index in [0.29, 0.717) is 0 Å². The molecule has 0 saturated carbocycles. The van der Waals surface area contributed by atoms with Crippen LogP contribution in [0.3, 0.4) is 0 Å². The van der Waals surface area contributed by atoms with Crippen LogP contribution < -0.4 is 4.90 Å². The van der Waals surface area contributed by atoms with Crippen molar-refractivity contribution < 1.29 is 0 Å². The largest absolute Gasteiger partial charge is 0.368 e. The third-order valence-corrected chi connectivity index (χ3v) is 4.78. The molecule has 0 atom stereocenters. The minimum atomic E-state index is 0.734. The fourth-order valence-corrected chi connectivity index (χ4v) is 3.38. The van der Waals surface area contributed by atoms with Gasteiger partial charge >= 0.3 is 0 Å². The second-order valence-corrected chi connectivity index (χ2v) is 6.46. The zero-order chi connectivity index (χ0) is 17.1. The summed E-state index contributed by atoms with van der Waals surface area (Å²) < 4.78 is 1.81. The number of tetrazole rings is 1. The second-order valence-electron chi connectivity index (χ2n) is 6.06. The zero-order valence-corrected chi connectivity index (χ0v) is 14.5. The fourth-order valence-electron chi connectivity index (χ4n) is 3.13. The van der Waals surface area contributed by atoms with E-state index in [4.69, 9.17) is 11.6 Å². The Hall–Kier alpha value is -2.44. The van der Waals surface area contributed by atoms with Crippen molar-refractivity contribution in [2.75, 3.05) is 31.1 Å². The maximum absolute atomic E-state index is 6.31. The smallest absolute Gasteiger partial charge is 0.170 e. The molecular weight excluding hydrogens is 336 g/mol. The molecular formula is C18H19ClN6. The maximum Gasteiger partial charge on any atom is 0.170 e. The van der Waals surface area contributed by atoms with E-state index in [1.807, 2.05) is 48.5 Å². The van der Waals surface area contributed by atoms with E-state index < -0.39 is 0 Å². The summed E-state index contributed by atoms with van der Waals surface area (Å²) in [5.74, 6) is 0.859. The molecule has 3 aromatic rings. The molecule has 0 bridgehead atoms. The molecule has 6 nitrogen and oxygen atoms in total. The van der Waals surface area contributed by atoms with Gasteiger partial charge in [-0.3, -0.25) is 4.90 Å². The number of halogens is 1. The number of nitrogens with zero attached hydrogens (tertiary/aromatic N) is 6. The first-order valence-electron chi connectivity index (χ1n) is 8.36. The highest BCUT2D eigenvalue weighted by Gasteiger charge is 2.21. The van der Waals surface area contributed by atoms with Gasteiger partial charge in [0.1, 0.15) is 0 Å². The van der Waals surface area contributed by atoms with Crippen molar-refractivity contribution >= 4 is 17.3 Å². The van der Waals surface area contributed by atoms with E-state index >= 15 is 0 Å². The first-order valence-corrected chi connectivity index (χ1v) is 8.73. The first-order chi connectivity index (χ1) is 12.3. The Kier molecular flexibility index (Phi) is 4.63. The number of piperazine rings is 1. The van der Waals surface area contributed by atoms with E-state index in [1.165, 1.54) is 0 Å². The maximum atomic E-state index is 6.31. The second kappa shape index (κ2) is 7.21. The number of benzene rings is 2. The van der Waals surface area contributed by atoms with E-state index in [1.54, 1.807) is 4.68 Å². The average Bonchev–Trinajstić information content (AvgIpc) is 3.12. The van der Waals surface area contributed by atoms with Crippen LogP contribution in [0, 0.1) is 0 Å². The van der Waals surface area contributed by atoms with Gasteiger partial charge < -0.3 is 4.90 Å². The summed E-state index contributed by atoms with van der Waals surface area (Å²) in [4.78, 5) is 4.71. The molecule has 1 saturated heterocycles. The molecule has 2 heterocycles. The molecule has 0 unspecified atom stereocenters. The van der Waals surface area contributed by atoms with Gasteiger partial charge in [0.2, 0.25) is 0 Å². The van der Waals surface area contributed by atoms with Crippen LogP contribution in [0.25, 0.3) is 5.69 Å².